The minimum Gasteiger partial charge on any atom is -0.496 e. The summed E-state index contributed by atoms with van der Waals surface area (Å²) in [5.41, 5.74) is 3.11. The van der Waals surface area contributed by atoms with Gasteiger partial charge in [0.25, 0.3) is 0 Å². The maximum Gasteiger partial charge on any atom is 0.123 e. The molecule has 0 aliphatic rings. The maximum atomic E-state index is 6.52. The minimum atomic E-state index is -0.265. The molecule has 0 fully saturated rings. The van der Waals surface area contributed by atoms with Gasteiger partial charge in [-0.1, -0.05) is 41.4 Å². The van der Waals surface area contributed by atoms with Gasteiger partial charge in [0, 0.05) is 10.6 Å². The Morgan fingerprint density at radius 2 is 1.89 bits per heavy atom. The number of benzene rings is 2. The Kier molecular flexibility index (Phi) is 4.15. The molecule has 1 unspecified atom stereocenters. The lowest BCUT2D eigenvalue weighted by Crippen LogP contribution is -1.97. The number of hydrogen-bond acceptors (Lipinski definition) is 1. The van der Waals surface area contributed by atoms with E-state index in [4.69, 9.17) is 27.9 Å². The molecule has 0 aliphatic heterocycles. The highest BCUT2D eigenvalue weighted by Crippen LogP contribution is 2.36. The van der Waals surface area contributed by atoms with Crippen molar-refractivity contribution in [3.05, 3.63) is 64.2 Å². The van der Waals surface area contributed by atoms with Crippen LogP contribution in [0.5, 0.6) is 5.75 Å². The average Bonchev–Trinajstić information content (AvgIpc) is 2.38. The van der Waals surface area contributed by atoms with E-state index in [1.807, 2.05) is 37.3 Å². The standard InChI is InChI=1S/C15H14Cl2O/c1-10-4-3-5-11(8-10)15(17)13-9-12(16)6-7-14(13)18-2/h3-9,15H,1-2H3. The van der Waals surface area contributed by atoms with Crippen LogP contribution in [-0.2, 0) is 0 Å². The lowest BCUT2D eigenvalue weighted by molar-refractivity contribution is 0.410. The van der Waals surface area contributed by atoms with Crippen molar-refractivity contribution in [1.29, 1.82) is 0 Å². The molecule has 0 amide bonds. The molecule has 1 nitrogen and oxygen atoms in total. The van der Waals surface area contributed by atoms with Crippen molar-refractivity contribution in [2.24, 2.45) is 0 Å². The van der Waals surface area contributed by atoms with Crippen LogP contribution in [0.4, 0.5) is 0 Å². The summed E-state index contributed by atoms with van der Waals surface area (Å²) in [5, 5.41) is 0.391. The highest BCUT2D eigenvalue weighted by atomic mass is 35.5. The Balaban J connectivity index is 2.44. The van der Waals surface area contributed by atoms with Crippen LogP contribution in [0.25, 0.3) is 0 Å². The highest BCUT2D eigenvalue weighted by molar-refractivity contribution is 6.31. The van der Waals surface area contributed by atoms with E-state index in [0.717, 1.165) is 16.9 Å². The van der Waals surface area contributed by atoms with Gasteiger partial charge in [-0.15, -0.1) is 11.6 Å². The summed E-state index contributed by atoms with van der Waals surface area (Å²) < 4.78 is 5.33. The summed E-state index contributed by atoms with van der Waals surface area (Å²) in [4.78, 5) is 0. The van der Waals surface area contributed by atoms with Gasteiger partial charge < -0.3 is 4.74 Å². The number of methoxy groups -OCH3 is 1. The summed E-state index contributed by atoms with van der Waals surface area (Å²) in [7, 11) is 1.63. The molecule has 94 valence electrons. The Labute approximate surface area is 117 Å². The highest BCUT2D eigenvalue weighted by Gasteiger charge is 2.16. The molecule has 1 atom stereocenters. The van der Waals surface area contributed by atoms with Gasteiger partial charge in [-0.25, -0.2) is 0 Å². The maximum absolute atomic E-state index is 6.52. The van der Waals surface area contributed by atoms with Crippen molar-refractivity contribution in [3.8, 4) is 5.75 Å². The van der Waals surface area contributed by atoms with E-state index in [0.29, 0.717) is 5.02 Å². The molecule has 0 aromatic heterocycles. The predicted molar refractivity (Wildman–Crippen MR) is 76.9 cm³/mol. The van der Waals surface area contributed by atoms with Crippen molar-refractivity contribution >= 4 is 23.2 Å². The number of hydrogen-bond donors (Lipinski definition) is 0. The van der Waals surface area contributed by atoms with Crippen LogP contribution < -0.4 is 4.74 Å². The summed E-state index contributed by atoms with van der Waals surface area (Å²) in [6.07, 6.45) is 0. The normalized spacial score (nSPS) is 12.2. The van der Waals surface area contributed by atoms with E-state index in [2.05, 4.69) is 6.07 Å². The monoisotopic (exact) mass is 280 g/mol. The fourth-order valence-electron chi connectivity index (χ4n) is 1.91. The predicted octanol–water partition coefficient (Wildman–Crippen LogP) is 4.99. The van der Waals surface area contributed by atoms with Crippen LogP contribution >= 0.6 is 23.2 Å². The molecule has 2 aromatic rings. The molecule has 3 heteroatoms. The van der Waals surface area contributed by atoms with Crippen LogP contribution in [0.1, 0.15) is 22.1 Å². The second-order valence-electron chi connectivity index (χ2n) is 4.16. The summed E-state index contributed by atoms with van der Waals surface area (Å²) >= 11 is 12.5. The fourth-order valence-corrected chi connectivity index (χ4v) is 2.40. The third-order valence-electron chi connectivity index (χ3n) is 2.80. The van der Waals surface area contributed by atoms with E-state index in [1.165, 1.54) is 5.56 Å². The molecule has 0 saturated carbocycles. The van der Waals surface area contributed by atoms with Crippen molar-refractivity contribution < 1.29 is 4.74 Å². The molecule has 0 spiro atoms. The summed E-state index contributed by atoms with van der Waals surface area (Å²) in [5.74, 6) is 0.751. The molecule has 0 aliphatic carbocycles. The zero-order valence-corrected chi connectivity index (χ0v) is 11.8. The first kappa shape index (κ1) is 13.3. The van der Waals surface area contributed by atoms with Gasteiger partial charge in [0.2, 0.25) is 0 Å². The minimum absolute atomic E-state index is 0.265. The zero-order chi connectivity index (χ0) is 13.1. The molecule has 0 N–H and O–H groups in total. The van der Waals surface area contributed by atoms with Gasteiger partial charge >= 0.3 is 0 Å². The molecule has 2 rings (SSSR count). The molecule has 2 aromatic carbocycles. The quantitative estimate of drug-likeness (QED) is 0.720. The van der Waals surface area contributed by atoms with Crippen LogP contribution in [0.2, 0.25) is 5.02 Å². The molecule has 0 bridgehead atoms. The first-order chi connectivity index (χ1) is 8.61. The van der Waals surface area contributed by atoms with Crippen molar-refractivity contribution in [1.82, 2.24) is 0 Å². The largest absolute Gasteiger partial charge is 0.496 e. The van der Waals surface area contributed by atoms with E-state index in [-0.39, 0.29) is 5.38 Å². The van der Waals surface area contributed by atoms with Crippen LogP contribution in [0, 0.1) is 6.92 Å². The smallest absolute Gasteiger partial charge is 0.123 e. The van der Waals surface area contributed by atoms with E-state index in [1.54, 1.807) is 13.2 Å². The van der Waals surface area contributed by atoms with Crippen LogP contribution in [-0.4, -0.2) is 7.11 Å². The lowest BCUT2D eigenvalue weighted by Gasteiger charge is -2.15. The third kappa shape index (κ3) is 2.80. The van der Waals surface area contributed by atoms with Gasteiger partial charge in [-0.2, -0.15) is 0 Å². The molecule has 0 heterocycles. The fraction of sp³-hybridized carbons (Fsp3) is 0.200. The van der Waals surface area contributed by atoms with Gasteiger partial charge in [-0.05, 0) is 30.7 Å². The third-order valence-corrected chi connectivity index (χ3v) is 3.52. The molecule has 0 saturated heterocycles. The van der Waals surface area contributed by atoms with Crippen LogP contribution in [0.15, 0.2) is 42.5 Å². The Morgan fingerprint density at radius 1 is 1.11 bits per heavy atom. The van der Waals surface area contributed by atoms with Gasteiger partial charge in [0.05, 0.1) is 12.5 Å². The number of alkyl halides is 1. The SMILES string of the molecule is COc1ccc(Cl)cc1C(Cl)c1cccc(C)c1. The number of aryl methyl sites for hydroxylation is 1. The second-order valence-corrected chi connectivity index (χ2v) is 5.04. The van der Waals surface area contributed by atoms with Crippen molar-refractivity contribution in [3.63, 3.8) is 0 Å². The van der Waals surface area contributed by atoms with Gasteiger partial charge in [0.15, 0.2) is 0 Å². The van der Waals surface area contributed by atoms with Gasteiger partial charge in [0.1, 0.15) is 5.75 Å². The molecule has 0 radical (unpaired) electrons. The first-order valence-electron chi connectivity index (χ1n) is 5.66. The van der Waals surface area contributed by atoms with E-state index >= 15 is 0 Å². The second kappa shape index (κ2) is 5.64. The topological polar surface area (TPSA) is 9.23 Å². The Bertz CT molecular complexity index is 552. The van der Waals surface area contributed by atoms with Crippen molar-refractivity contribution in [2.45, 2.75) is 12.3 Å². The lowest BCUT2D eigenvalue weighted by atomic mass is 10.0. The first-order valence-corrected chi connectivity index (χ1v) is 6.47. The summed E-state index contributed by atoms with van der Waals surface area (Å²) in [6.45, 7) is 2.04. The van der Waals surface area contributed by atoms with Crippen LogP contribution in [0.3, 0.4) is 0 Å². The number of halogens is 2. The zero-order valence-electron chi connectivity index (χ0n) is 10.3. The van der Waals surface area contributed by atoms with Gasteiger partial charge in [-0.3, -0.25) is 0 Å². The summed E-state index contributed by atoms with van der Waals surface area (Å²) in [6, 6.07) is 13.6. The Hall–Kier alpha value is -1.18. The van der Waals surface area contributed by atoms with Crippen molar-refractivity contribution in [2.75, 3.05) is 7.11 Å². The molecular formula is C15H14Cl2O. The van der Waals surface area contributed by atoms with E-state index < -0.39 is 0 Å². The average molecular weight is 281 g/mol. The molecular weight excluding hydrogens is 267 g/mol. The van der Waals surface area contributed by atoms with E-state index in [9.17, 15) is 0 Å². The number of ether oxygens (including phenoxy) is 1. The number of rotatable bonds is 3. The Morgan fingerprint density at radius 3 is 2.56 bits per heavy atom. The molecule has 18 heavy (non-hydrogen) atoms.